The maximum atomic E-state index is 12.8. The van der Waals surface area contributed by atoms with Crippen LogP contribution in [-0.2, 0) is 21.7 Å². The molecule has 0 spiro atoms. The van der Waals surface area contributed by atoms with Crippen LogP contribution in [0.3, 0.4) is 0 Å². The number of nitro groups is 1. The smallest absolute Gasteiger partial charge is 0.455 e. The molecule has 1 unspecified atom stereocenters. The number of aryl methyl sites for hydroxylation is 1. The molecule has 0 aromatic heterocycles. The van der Waals surface area contributed by atoms with E-state index < -0.39 is 24.7 Å². The van der Waals surface area contributed by atoms with E-state index in [9.17, 15) is 27.9 Å². The number of halogens is 4. The fraction of sp³-hybridized carbons (Fsp3) is 0.368. The van der Waals surface area contributed by atoms with Gasteiger partial charge in [0.15, 0.2) is 0 Å². The van der Waals surface area contributed by atoms with Gasteiger partial charge in [0, 0.05) is 23.4 Å². The lowest BCUT2D eigenvalue weighted by molar-refractivity contribution is -0.383. The summed E-state index contributed by atoms with van der Waals surface area (Å²) < 4.78 is 62.0. The molecule has 0 amide bonds. The van der Waals surface area contributed by atoms with Crippen LogP contribution in [0.25, 0.3) is 0 Å². The quantitative estimate of drug-likeness (QED) is 0.156. The van der Waals surface area contributed by atoms with Crippen molar-refractivity contribution < 1.29 is 31.9 Å². The van der Waals surface area contributed by atoms with Gasteiger partial charge in [-0.3, -0.25) is 10.1 Å². The van der Waals surface area contributed by atoms with Crippen LogP contribution >= 0.6 is 31.4 Å². The van der Waals surface area contributed by atoms with Gasteiger partial charge in [0.25, 0.3) is 0 Å². The molecule has 2 rings (SSSR count). The minimum absolute atomic E-state index is 0.0698. The number of hydrogen-bond acceptors (Lipinski definition) is 6. The summed E-state index contributed by atoms with van der Waals surface area (Å²) in [7, 11) is -2.55. The first-order valence-electron chi connectivity index (χ1n) is 9.12. The molecule has 0 N–H and O–H groups in total. The standard InChI is InChI=1S/C19H19ClF3NO5PS/c1-3-12-9-15(24(25)26)18(30(27)28-7-8-31-4-2)11-17(12)29-16-6-5-13(10-14(16)20)19(21,22)23/h5-6,9-11H,3-4,7-8H2,1-2H3/q+1. The topological polar surface area (TPSA) is 78.7 Å². The Bertz CT molecular complexity index is 974. The molecule has 0 aliphatic heterocycles. The molecule has 2 aromatic rings. The molecule has 0 aliphatic carbocycles. The van der Waals surface area contributed by atoms with Gasteiger partial charge in [-0.2, -0.15) is 24.9 Å². The van der Waals surface area contributed by atoms with Crippen LogP contribution in [0.2, 0.25) is 5.02 Å². The summed E-state index contributed by atoms with van der Waals surface area (Å²) in [6, 6.07) is 5.04. The molecule has 0 radical (unpaired) electrons. The Morgan fingerprint density at radius 2 is 1.90 bits per heavy atom. The third kappa shape index (κ3) is 6.80. The van der Waals surface area contributed by atoms with Gasteiger partial charge in [0.1, 0.15) is 18.1 Å². The second kappa shape index (κ2) is 11.1. The SMILES string of the molecule is CCSCCO[P+](=O)c1cc(Oc2ccc(C(F)(F)F)cc2Cl)c(CC)cc1[N+](=O)[O-]. The van der Waals surface area contributed by atoms with Crippen molar-refractivity contribution in [1.82, 2.24) is 0 Å². The van der Waals surface area contributed by atoms with Crippen molar-refractivity contribution >= 4 is 42.4 Å². The van der Waals surface area contributed by atoms with Crippen molar-refractivity contribution in [2.45, 2.75) is 26.4 Å². The number of hydrogen-bond donors (Lipinski definition) is 0. The lowest BCUT2D eigenvalue weighted by atomic mass is 10.1. The van der Waals surface area contributed by atoms with E-state index in [4.69, 9.17) is 20.9 Å². The van der Waals surface area contributed by atoms with Crippen molar-refractivity contribution in [2.24, 2.45) is 0 Å². The van der Waals surface area contributed by atoms with E-state index in [2.05, 4.69) is 0 Å². The van der Waals surface area contributed by atoms with Gasteiger partial charge in [-0.05, 0) is 34.9 Å². The van der Waals surface area contributed by atoms with Gasteiger partial charge >= 0.3 is 25.2 Å². The monoisotopic (exact) mass is 496 g/mol. The molecular formula is C19H19ClF3NO5PS+. The third-order valence-corrected chi connectivity index (χ3v) is 6.38. The van der Waals surface area contributed by atoms with E-state index in [0.29, 0.717) is 17.7 Å². The number of benzene rings is 2. The van der Waals surface area contributed by atoms with E-state index in [1.165, 1.54) is 12.1 Å². The largest absolute Gasteiger partial charge is 0.556 e. The van der Waals surface area contributed by atoms with Crippen molar-refractivity contribution in [3.63, 3.8) is 0 Å². The molecule has 0 fully saturated rings. The Morgan fingerprint density at radius 1 is 1.19 bits per heavy atom. The van der Waals surface area contributed by atoms with E-state index in [1.807, 2.05) is 6.92 Å². The minimum Gasteiger partial charge on any atom is -0.455 e. The number of ether oxygens (including phenoxy) is 1. The zero-order chi connectivity index (χ0) is 23.2. The van der Waals surface area contributed by atoms with Gasteiger partial charge in [0.2, 0.25) is 0 Å². The van der Waals surface area contributed by atoms with Crippen LogP contribution in [0.15, 0.2) is 30.3 Å². The van der Waals surface area contributed by atoms with E-state index in [1.54, 1.807) is 18.7 Å². The molecule has 0 saturated heterocycles. The molecule has 2 aromatic carbocycles. The average molecular weight is 497 g/mol. The minimum atomic E-state index is -4.57. The predicted molar refractivity (Wildman–Crippen MR) is 115 cm³/mol. The molecule has 6 nitrogen and oxygen atoms in total. The summed E-state index contributed by atoms with van der Waals surface area (Å²) in [6.07, 6.45) is -4.25. The van der Waals surface area contributed by atoms with Gasteiger partial charge in [0.05, 0.1) is 15.5 Å². The first-order chi connectivity index (χ1) is 14.6. The lowest BCUT2D eigenvalue weighted by Crippen LogP contribution is -2.10. The lowest BCUT2D eigenvalue weighted by Gasteiger charge is -2.13. The average Bonchev–Trinajstić information content (AvgIpc) is 2.71. The summed E-state index contributed by atoms with van der Waals surface area (Å²) in [5, 5.41) is 11.0. The van der Waals surface area contributed by atoms with Crippen molar-refractivity contribution in [1.29, 1.82) is 0 Å². The molecule has 0 aliphatic rings. The van der Waals surface area contributed by atoms with Crippen molar-refractivity contribution in [3.8, 4) is 11.5 Å². The number of nitro benzene ring substituents is 1. The molecular weight excluding hydrogens is 478 g/mol. The second-order valence-corrected chi connectivity index (χ2v) is 9.15. The highest BCUT2D eigenvalue weighted by atomic mass is 35.5. The highest BCUT2D eigenvalue weighted by Crippen LogP contribution is 2.39. The normalized spacial score (nSPS) is 12.0. The van der Waals surface area contributed by atoms with E-state index in [-0.39, 0.29) is 34.1 Å². The molecule has 0 heterocycles. The van der Waals surface area contributed by atoms with Crippen LogP contribution in [0.1, 0.15) is 25.0 Å². The molecule has 0 saturated carbocycles. The Balaban J connectivity index is 2.41. The molecule has 1 atom stereocenters. The first-order valence-corrected chi connectivity index (χ1v) is 11.8. The highest BCUT2D eigenvalue weighted by molar-refractivity contribution is 7.99. The fourth-order valence-electron chi connectivity index (χ4n) is 2.54. The Kier molecular flexibility index (Phi) is 9.12. The maximum Gasteiger partial charge on any atom is 0.556 e. The zero-order valence-electron chi connectivity index (χ0n) is 16.6. The first kappa shape index (κ1) is 25.4. The third-order valence-electron chi connectivity index (χ3n) is 4.05. The summed E-state index contributed by atoms with van der Waals surface area (Å²) in [5.74, 6) is 1.44. The van der Waals surface area contributed by atoms with Gasteiger partial charge < -0.3 is 4.74 Å². The second-order valence-electron chi connectivity index (χ2n) is 6.09. The van der Waals surface area contributed by atoms with Crippen LogP contribution < -0.4 is 10.0 Å². The maximum absolute atomic E-state index is 12.8. The van der Waals surface area contributed by atoms with E-state index in [0.717, 1.165) is 24.0 Å². The summed E-state index contributed by atoms with van der Waals surface area (Å²) in [6.45, 7) is 3.81. The number of nitrogens with zero attached hydrogens (tertiary/aromatic N) is 1. The van der Waals surface area contributed by atoms with Crippen LogP contribution in [0, 0.1) is 10.1 Å². The predicted octanol–water partition coefficient (Wildman–Crippen LogP) is 6.76. The summed E-state index contributed by atoms with van der Waals surface area (Å²) in [4.78, 5) is 10.8. The van der Waals surface area contributed by atoms with Crippen LogP contribution in [-0.4, -0.2) is 23.0 Å². The van der Waals surface area contributed by atoms with Gasteiger partial charge in [-0.15, -0.1) is 4.52 Å². The number of alkyl halides is 3. The van der Waals surface area contributed by atoms with Crippen LogP contribution in [0.5, 0.6) is 11.5 Å². The summed E-state index contributed by atoms with van der Waals surface area (Å²) in [5.41, 5.74) is -0.922. The summed E-state index contributed by atoms with van der Waals surface area (Å²) >= 11 is 7.51. The highest BCUT2D eigenvalue weighted by Gasteiger charge is 2.36. The Morgan fingerprint density at radius 3 is 2.45 bits per heavy atom. The molecule has 31 heavy (non-hydrogen) atoms. The van der Waals surface area contributed by atoms with Crippen molar-refractivity contribution in [3.05, 3.63) is 56.6 Å². The van der Waals surface area contributed by atoms with Crippen molar-refractivity contribution in [2.75, 3.05) is 18.1 Å². The Labute approximate surface area is 187 Å². The van der Waals surface area contributed by atoms with Crippen LogP contribution in [0.4, 0.5) is 18.9 Å². The zero-order valence-corrected chi connectivity index (χ0v) is 19.0. The molecule has 168 valence electrons. The van der Waals surface area contributed by atoms with E-state index >= 15 is 0 Å². The molecule has 0 bridgehead atoms. The number of thioether (sulfide) groups is 1. The number of rotatable bonds is 10. The fourth-order valence-corrected chi connectivity index (χ4v) is 4.32. The van der Waals surface area contributed by atoms with Gasteiger partial charge in [-0.25, -0.2) is 0 Å². The Hall–Kier alpha value is -1.87. The van der Waals surface area contributed by atoms with Gasteiger partial charge in [-0.1, -0.05) is 25.4 Å². The molecule has 12 heteroatoms.